The number of amides is 1. The molecule has 4 rings (SSSR count). The second-order valence-corrected chi connectivity index (χ2v) is 8.71. The molecular weight excluding hydrogens is 354 g/mol. The van der Waals surface area contributed by atoms with Crippen molar-refractivity contribution in [3.8, 4) is 0 Å². The highest BCUT2D eigenvalue weighted by Gasteiger charge is 2.46. The van der Waals surface area contributed by atoms with Crippen molar-refractivity contribution in [1.29, 1.82) is 0 Å². The summed E-state index contributed by atoms with van der Waals surface area (Å²) in [6.45, 7) is 6.35. The fourth-order valence-corrected chi connectivity index (χ4v) is 5.17. The van der Waals surface area contributed by atoms with Crippen molar-refractivity contribution < 1.29 is 9.90 Å². The number of anilines is 1. The number of aliphatic hydroxyl groups excluding tert-OH is 1. The van der Waals surface area contributed by atoms with Gasteiger partial charge in [-0.25, -0.2) is 9.97 Å². The fourth-order valence-electron chi connectivity index (χ4n) is 5.17. The molecule has 1 N–H and O–H groups in total. The van der Waals surface area contributed by atoms with E-state index in [-0.39, 0.29) is 17.4 Å². The van der Waals surface area contributed by atoms with E-state index in [9.17, 15) is 9.90 Å². The number of rotatable bonds is 5. The van der Waals surface area contributed by atoms with Crippen LogP contribution in [0.25, 0.3) is 0 Å². The van der Waals surface area contributed by atoms with Gasteiger partial charge in [-0.2, -0.15) is 0 Å². The molecule has 0 bridgehead atoms. The van der Waals surface area contributed by atoms with Crippen molar-refractivity contribution >= 4 is 11.9 Å². The lowest BCUT2D eigenvalue weighted by atomic mass is 9.71. The molecule has 1 aromatic heterocycles. The van der Waals surface area contributed by atoms with Crippen LogP contribution >= 0.6 is 0 Å². The number of nitrogens with zero attached hydrogens (tertiary/aromatic N) is 5. The van der Waals surface area contributed by atoms with E-state index < -0.39 is 0 Å². The molecule has 7 nitrogen and oxygen atoms in total. The van der Waals surface area contributed by atoms with Gasteiger partial charge in [-0.3, -0.25) is 4.79 Å². The summed E-state index contributed by atoms with van der Waals surface area (Å²) in [7, 11) is 0. The SMILES string of the molecule is O=C(CCCN1CCCC1)N1CCC[C@]2(C1)CN(c1ncccn1)CC[C@H]2O. The quantitative estimate of drug-likeness (QED) is 0.826. The maximum Gasteiger partial charge on any atom is 0.225 e. The van der Waals surface area contributed by atoms with Gasteiger partial charge < -0.3 is 19.8 Å². The zero-order valence-electron chi connectivity index (χ0n) is 16.8. The smallest absolute Gasteiger partial charge is 0.225 e. The first-order chi connectivity index (χ1) is 13.7. The largest absolute Gasteiger partial charge is 0.392 e. The van der Waals surface area contributed by atoms with Gasteiger partial charge in [0, 0.05) is 50.4 Å². The minimum Gasteiger partial charge on any atom is -0.392 e. The Labute approximate surface area is 167 Å². The van der Waals surface area contributed by atoms with Crippen molar-refractivity contribution in [1.82, 2.24) is 19.8 Å². The third-order valence-electron chi connectivity index (χ3n) is 6.74. The Bertz CT molecular complexity index is 651. The fraction of sp³-hybridized carbons (Fsp3) is 0.762. The van der Waals surface area contributed by atoms with Crippen molar-refractivity contribution in [2.24, 2.45) is 5.41 Å². The Hall–Kier alpha value is -1.73. The summed E-state index contributed by atoms with van der Waals surface area (Å²) >= 11 is 0. The summed E-state index contributed by atoms with van der Waals surface area (Å²) in [4.78, 5) is 28.3. The van der Waals surface area contributed by atoms with Gasteiger partial charge in [0.15, 0.2) is 0 Å². The van der Waals surface area contributed by atoms with Gasteiger partial charge in [0.2, 0.25) is 11.9 Å². The normalized spacial score (nSPS) is 28.8. The van der Waals surface area contributed by atoms with Crippen LogP contribution in [-0.4, -0.2) is 82.7 Å². The Morgan fingerprint density at radius 1 is 1.11 bits per heavy atom. The summed E-state index contributed by atoms with van der Waals surface area (Å²) in [5.74, 6) is 0.974. The summed E-state index contributed by atoms with van der Waals surface area (Å²) in [6.07, 6.45) is 9.91. The van der Waals surface area contributed by atoms with Crippen LogP contribution in [0.1, 0.15) is 44.9 Å². The lowest BCUT2D eigenvalue weighted by Crippen LogP contribution is -2.60. The average molecular weight is 388 g/mol. The van der Waals surface area contributed by atoms with E-state index in [0.717, 1.165) is 51.4 Å². The molecule has 3 saturated heterocycles. The monoisotopic (exact) mass is 387 g/mol. The van der Waals surface area contributed by atoms with Crippen LogP contribution in [0.2, 0.25) is 0 Å². The topological polar surface area (TPSA) is 72.8 Å². The van der Waals surface area contributed by atoms with Gasteiger partial charge in [0.05, 0.1) is 6.10 Å². The summed E-state index contributed by atoms with van der Waals surface area (Å²) in [5.41, 5.74) is -0.264. The van der Waals surface area contributed by atoms with Crippen molar-refractivity contribution in [3.05, 3.63) is 18.5 Å². The first-order valence-electron chi connectivity index (χ1n) is 10.9. The number of carbonyl (C=O) groups excluding carboxylic acids is 1. The van der Waals surface area contributed by atoms with Gasteiger partial charge in [-0.1, -0.05) is 0 Å². The van der Waals surface area contributed by atoms with E-state index in [2.05, 4.69) is 19.8 Å². The zero-order valence-corrected chi connectivity index (χ0v) is 16.8. The molecule has 7 heteroatoms. The molecule has 0 radical (unpaired) electrons. The van der Waals surface area contributed by atoms with E-state index in [4.69, 9.17) is 0 Å². The summed E-state index contributed by atoms with van der Waals surface area (Å²) in [6, 6.07) is 1.82. The molecule has 3 aliphatic rings. The molecule has 1 spiro atoms. The maximum atomic E-state index is 12.8. The van der Waals surface area contributed by atoms with Crippen molar-refractivity contribution in [3.63, 3.8) is 0 Å². The van der Waals surface area contributed by atoms with Crippen molar-refractivity contribution in [2.75, 3.05) is 50.7 Å². The first kappa shape index (κ1) is 19.6. The Morgan fingerprint density at radius 2 is 1.89 bits per heavy atom. The Morgan fingerprint density at radius 3 is 2.68 bits per heavy atom. The second-order valence-electron chi connectivity index (χ2n) is 8.71. The highest BCUT2D eigenvalue weighted by atomic mass is 16.3. The standard InChI is InChI=1S/C21H33N5O2/c27-18-7-15-26(20-22-9-5-10-23-20)17-21(18)8-4-14-25(16-21)19(28)6-3-13-24-11-1-2-12-24/h5,9-10,18,27H,1-4,6-8,11-17H2/t18-,21+/m1/s1. The van der Waals surface area contributed by atoms with Gasteiger partial charge >= 0.3 is 0 Å². The van der Waals surface area contributed by atoms with Gasteiger partial charge in [-0.15, -0.1) is 0 Å². The van der Waals surface area contributed by atoms with Gasteiger partial charge in [0.1, 0.15) is 0 Å². The van der Waals surface area contributed by atoms with E-state index in [1.165, 1.54) is 25.9 Å². The number of aromatic nitrogens is 2. The summed E-state index contributed by atoms with van der Waals surface area (Å²) < 4.78 is 0. The minimum absolute atomic E-state index is 0.249. The predicted octanol–water partition coefficient (Wildman–Crippen LogP) is 1.53. The van der Waals surface area contributed by atoms with Crippen LogP contribution in [-0.2, 0) is 4.79 Å². The van der Waals surface area contributed by atoms with Crippen molar-refractivity contribution in [2.45, 2.75) is 51.0 Å². The van der Waals surface area contributed by atoms with E-state index in [0.29, 0.717) is 19.4 Å². The molecule has 3 aliphatic heterocycles. The third-order valence-corrected chi connectivity index (χ3v) is 6.74. The number of hydrogen-bond acceptors (Lipinski definition) is 6. The highest BCUT2D eigenvalue weighted by Crippen LogP contribution is 2.39. The van der Waals surface area contributed by atoms with Crippen LogP contribution in [0.15, 0.2) is 18.5 Å². The second kappa shape index (κ2) is 8.74. The third kappa shape index (κ3) is 4.30. The molecule has 28 heavy (non-hydrogen) atoms. The van der Waals surface area contributed by atoms with E-state index >= 15 is 0 Å². The molecule has 0 saturated carbocycles. The highest BCUT2D eigenvalue weighted by molar-refractivity contribution is 5.76. The first-order valence-corrected chi connectivity index (χ1v) is 10.9. The predicted molar refractivity (Wildman–Crippen MR) is 108 cm³/mol. The average Bonchev–Trinajstić information content (AvgIpc) is 3.24. The molecule has 4 heterocycles. The molecule has 2 atom stereocenters. The zero-order chi connectivity index (χ0) is 19.4. The number of likely N-dealkylation sites (tertiary alicyclic amines) is 2. The molecule has 0 aromatic carbocycles. The van der Waals surface area contributed by atoms with Crippen LogP contribution in [0, 0.1) is 5.41 Å². The summed E-state index contributed by atoms with van der Waals surface area (Å²) in [5, 5.41) is 10.9. The lowest BCUT2D eigenvalue weighted by molar-refractivity contribution is -0.138. The van der Waals surface area contributed by atoms with E-state index in [1.807, 2.05) is 11.0 Å². The van der Waals surface area contributed by atoms with Crippen LogP contribution in [0.3, 0.4) is 0 Å². The van der Waals surface area contributed by atoms with Crippen LogP contribution in [0.5, 0.6) is 0 Å². The Kier molecular flexibility index (Phi) is 6.11. The number of carbonyl (C=O) groups is 1. The molecule has 154 valence electrons. The molecular formula is C21H33N5O2. The number of hydrogen-bond donors (Lipinski definition) is 1. The molecule has 1 amide bonds. The van der Waals surface area contributed by atoms with Gasteiger partial charge in [0.25, 0.3) is 0 Å². The molecule has 0 aliphatic carbocycles. The molecule has 3 fully saturated rings. The number of piperidine rings is 2. The van der Waals surface area contributed by atoms with Crippen LogP contribution < -0.4 is 4.90 Å². The molecule has 0 unspecified atom stereocenters. The molecule has 1 aromatic rings. The maximum absolute atomic E-state index is 12.8. The van der Waals surface area contributed by atoms with Gasteiger partial charge in [-0.05, 0) is 64.2 Å². The number of aliphatic hydroxyl groups is 1. The van der Waals surface area contributed by atoms with E-state index in [1.54, 1.807) is 12.4 Å². The lowest BCUT2D eigenvalue weighted by Gasteiger charge is -2.51. The Balaban J connectivity index is 1.36. The van der Waals surface area contributed by atoms with Crippen LogP contribution in [0.4, 0.5) is 5.95 Å². The minimum atomic E-state index is -0.368.